The maximum absolute atomic E-state index is 11.0. The van der Waals surface area contributed by atoms with Crippen LogP contribution < -0.4 is 0 Å². The molecule has 0 aliphatic heterocycles. The van der Waals surface area contributed by atoms with Crippen LogP contribution in [0.4, 0.5) is 0 Å². The third-order valence-corrected chi connectivity index (χ3v) is 1.46. The van der Waals surface area contributed by atoms with Gasteiger partial charge in [-0.1, -0.05) is 6.92 Å². The van der Waals surface area contributed by atoms with Crippen LogP contribution in [-0.2, 0) is 6.42 Å². The quantitative estimate of drug-likeness (QED) is 0.518. The van der Waals surface area contributed by atoms with Crippen LogP contribution in [0.1, 0.15) is 23.2 Å². The molecule has 0 saturated carbocycles. The number of thiocarbonyl (C=S) groups is 1. The molecule has 1 heterocycles. The molecule has 0 fully saturated rings. The number of isothiocyanates is 1. The normalized spacial score (nSPS) is 9.08. The SMILES string of the molecule is CCc1ccc(C(=O)N=C=S)o1. The lowest BCUT2D eigenvalue weighted by molar-refractivity contribution is 0.0976. The maximum atomic E-state index is 11.0. The van der Waals surface area contributed by atoms with Gasteiger partial charge in [-0.3, -0.25) is 4.79 Å². The number of aryl methyl sites for hydroxylation is 1. The first-order valence-electron chi connectivity index (χ1n) is 3.49. The zero-order valence-corrected chi connectivity index (χ0v) is 7.35. The summed E-state index contributed by atoms with van der Waals surface area (Å²) in [5, 5.41) is 1.99. The summed E-state index contributed by atoms with van der Waals surface area (Å²) in [6.07, 6.45) is 0.759. The Balaban J connectivity index is 2.88. The molecule has 0 bridgehead atoms. The van der Waals surface area contributed by atoms with Crippen LogP contribution in [0, 0.1) is 0 Å². The summed E-state index contributed by atoms with van der Waals surface area (Å²) in [4.78, 5) is 14.3. The van der Waals surface area contributed by atoms with Crippen molar-refractivity contribution in [2.45, 2.75) is 13.3 Å². The second kappa shape index (κ2) is 3.95. The zero-order valence-electron chi connectivity index (χ0n) is 6.53. The van der Waals surface area contributed by atoms with E-state index in [0.29, 0.717) is 0 Å². The Morgan fingerprint density at radius 2 is 2.50 bits per heavy atom. The lowest BCUT2D eigenvalue weighted by Crippen LogP contribution is -1.89. The van der Waals surface area contributed by atoms with Crippen LogP contribution in [0.5, 0.6) is 0 Å². The van der Waals surface area contributed by atoms with E-state index in [-0.39, 0.29) is 5.76 Å². The number of carbonyl (C=O) groups excluding carboxylic acids is 1. The second-order valence-corrected chi connectivity index (χ2v) is 2.31. The Hall–Kier alpha value is -1.25. The van der Waals surface area contributed by atoms with Gasteiger partial charge in [-0.25, -0.2) is 0 Å². The topological polar surface area (TPSA) is 42.6 Å². The Kier molecular flexibility index (Phi) is 2.91. The molecular formula is C8H7NO2S. The van der Waals surface area contributed by atoms with E-state index in [9.17, 15) is 4.79 Å². The molecule has 0 aromatic carbocycles. The minimum absolute atomic E-state index is 0.212. The van der Waals surface area contributed by atoms with Crippen molar-refractivity contribution in [1.82, 2.24) is 0 Å². The second-order valence-electron chi connectivity index (χ2n) is 2.13. The molecule has 0 radical (unpaired) electrons. The fourth-order valence-electron chi connectivity index (χ4n) is 0.779. The van der Waals surface area contributed by atoms with Gasteiger partial charge in [0.25, 0.3) is 0 Å². The van der Waals surface area contributed by atoms with Crippen molar-refractivity contribution in [1.29, 1.82) is 0 Å². The first kappa shape index (κ1) is 8.84. The fourth-order valence-corrected chi connectivity index (χ4v) is 0.862. The van der Waals surface area contributed by atoms with Gasteiger partial charge in [-0.05, 0) is 24.4 Å². The van der Waals surface area contributed by atoms with Gasteiger partial charge in [0.1, 0.15) is 5.76 Å². The Morgan fingerprint density at radius 1 is 1.75 bits per heavy atom. The van der Waals surface area contributed by atoms with E-state index in [1.54, 1.807) is 12.1 Å². The van der Waals surface area contributed by atoms with Gasteiger partial charge in [0.05, 0.1) is 5.16 Å². The summed E-state index contributed by atoms with van der Waals surface area (Å²) < 4.78 is 5.12. The van der Waals surface area contributed by atoms with Crippen molar-refractivity contribution in [3.63, 3.8) is 0 Å². The summed E-state index contributed by atoms with van der Waals surface area (Å²) in [5.74, 6) is 0.492. The lowest BCUT2D eigenvalue weighted by Gasteiger charge is -1.86. The lowest BCUT2D eigenvalue weighted by atomic mass is 10.3. The number of hydrogen-bond donors (Lipinski definition) is 0. The number of nitrogens with zero attached hydrogens (tertiary/aromatic N) is 1. The third kappa shape index (κ3) is 1.87. The number of amides is 1. The maximum Gasteiger partial charge on any atom is 0.321 e. The summed E-state index contributed by atoms with van der Waals surface area (Å²) in [7, 11) is 0. The number of carbonyl (C=O) groups is 1. The molecular weight excluding hydrogens is 174 g/mol. The molecule has 0 spiro atoms. The van der Waals surface area contributed by atoms with Crippen molar-refractivity contribution in [2.75, 3.05) is 0 Å². The molecule has 0 N–H and O–H groups in total. The monoisotopic (exact) mass is 181 g/mol. The van der Waals surface area contributed by atoms with Gasteiger partial charge in [-0.15, -0.1) is 4.99 Å². The molecule has 1 rings (SSSR count). The van der Waals surface area contributed by atoms with Crippen LogP contribution in [0.3, 0.4) is 0 Å². The van der Waals surface area contributed by atoms with E-state index in [1.807, 2.05) is 12.1 Å². The summed E-state index contributed by atoms with van der Waals surface area (Å²) in [6.45, 7) is 1.94. The number of aliphatic imine (C=N–C) groups is 1. The minimum atomic E-state index is -0.482. The van der Waals surface area contributed by atoms with E-state index in [4.69, 9.17) is 4.42 Å². The van der Waals surface area contributed by atoms with E-state index in [1.165, 1.54) is 0 Å². The highest BCUT2D eigenvalue weighted by molar-refractivity contribution is 7.78. The highest BCUT2D eigenvalue weighted by atomic mass is 32.1. The van der Waals surface area contributed by atoms with Crippen molar-refractivity contribution in [2.24, 2.45) is 4.99 Å². The predicted octanol–water partition coefficient (Wildman–Crippen LogP) is 2.08. The average molecular weight is 181 g/mol. The fraction of sp³-hybridized carbons (Fsp3) is 0.250. The molecule has 1 aromatic heterocycles. The number of furan rings is 1. The average Bonchev–Trinajstić information content (AvgIpc) is 2.52. The van der Waals surface area contributed by atoms with Crippen LogP contribution in [0.25, 0.3) is 0 Å². The molecule has 62 valence electrons. The van der Waals surface area contributed by atoms with Gasteiger partial charge in [0.2, 0.25) is 0 Å². The molecule has 12 heavy (non-hydrogen) atoms. The van der Waals surface area contributed by atoms with Gasteiger partial charge in [-0.2, -0.15) is 0 Å². The molecule has 0 saturated heterocycles. The third-order valence-electron chi connectivity index (χ3n) is 1.37. The van der Waals surface area contributed by atoms with Crippen LogP contribution in [-0.4, -0.2) is 11.1 Å². The highest BCUT2D eigenvalue weighted by Crippen LogP contribution is 2.08. The minimum Gasteiger partial charge on any atom is -0.456 e. The van der Waals surface area contributed by atoms with Gasteiger partial charge >= 0.3 is 5.91 Å². The van der Waals surface area contributed by atoms with E-state index >= 15 is 0 Å². The van der Waals surface area contributed by atoms with Crippen LogP contribution >= 0.6 is 12.2 Å². The van der Waals surface area contributed by atoms with Gasteiger partial charge in [0, 0.05) is 6.42 Å². The van der Waals surface area contributed by atoms with Crippen molar-refractivity contribution >= 4 is 23.3 Å². The summed E-state index contributed by atoms with van der Waals surface area (Å²) in [5.41, 5.74) is 0. The van der Waals surface area contributed by atoms with Gasteiger partial charge < -0.3 is 4.42 Å². The molecule has 0 unspecified atom stereocenters. The van der Waals surface area contributed by atoms with Crippen LogP contribution in [0.15, 0.2) is 21.5 Å². The Bertz CT molecular complexity index is 337. The standard InChI is InChI=1S/C8H7NO2S/c1-2-6-3-4-7(11-6)8(10)9-5-12/h3-4H,2H2,1H3. The zero-order chi connectivity index (χ0) is 8.97. The Morgan fingerprint density at radius 3 is 3.00 bits per heavy atom. The largest absolute Gasteiger partial charge is 0.456 e. The summed E-state index contributed by atoms with van der Waals surface area (Å²) in [6, 6.07) is 3.32. The van der Waals surface area contributed by atoms with Crippen molar-refractivity contribution < 1.29 is 9.21 Å². The highest BCUT2D eigenvalue weighted by Gasteiger charge is 2.07. The van der Waals surface area contributed by atoms with Crippen LogP contribution in [0.2, 0.25) is 0 Å². The molecule has 1 amide bonds. The predicted molar refractivity (Wildman–Crippen MR) is 47.4 cm³/mol. The van der Waals surface area contributed by atoms with E-state index < -0.39 is 5.91 Å². The summed E-state index contributed by atoms with van der Waals surface area (Å²) >= 11 is 4.28. The number of hydrogen-bond acceptors (Lipinski definition) is 3. The molecule has 1 aromatic rings. The smallest absolute Gasteiger partial charge is 0.321 e. The molecule has 3 nitrogen and oxygen atoms in total. The van der Waals surface area contributed by atoms with Gasteiger partial charge in [0.15, 0.2) is 5.76 Å². The molecule has 0 aliphatic carbocycles. The molecule has 4 heteroatoms. The molecule has 0 aliphatic rings. The van der Waals surface area contributed by atoms with E-state index in [0.717, 1.165) is 12.2 Å². The first-order chi connectivity index (χ1) is 5.77. The number of rotatable bonds is 2. The van der Waals surface area contributed by atoms with Crippen molar-refractivity contribution in [3.05, 3.63) is 23.7 Å². The molecule has 0 atom stereocenters. The Labute approximate surface area is 75.1 Å². The first-order valence-corrected chi connectivity index (χ1v) is 3.89. The van der Waals surface area contributed by atoms with E-state index in [2.05, 4.69) is 17.2 Å². The van der Waals surface area contributed by atoms with Crippen molar-refractivity contribution in [3.8, 4) is 0 Å².